The Hall–Kier alpha value is -0.810. The van der Waals surface area contributed by atoms with Crippen LogP contribution in [0.1, 0.15) is 12.5 Å². The summed E-state index contributed by atoms with van der Waals surface area (Å²) in [5.74, 6) is 0. The maximum atomic E-state index is 9.63. The van der Waals surface area contributed by atoms with Gasteiger partial charge in [-0.3, -0.25) is 0 Å². The van der Waals surface area contributed by atoms with Gasteiger partial charge in [0.05, 0.1) is 12.2 Å². The van der Waals surface area contributed by atoms with E-state index in [4.69, 9.17) is 11.6 Å². The van der Waals surface area contributed by atoms with Crippen LogP contribution in [-0.2, 0) is 6.54 Å². The minimum atomic E-state index is -0.684. The number of aliphatic hydroxyl groups is 2. The van der Waals surface area contributed by atoms with Crippen LogP contribution in [0.15, 0.2) is 18.2 Å². The number of nitrogens with zero attached hydrogens (tertiary/aromatic N) is 1. The minimum Gasteiger partial charge on any atom is -0.389 e. The zero-order valence-corrected chi connectivity index (χ0v) is 11.2. The number of aliphatic hydroxyl groups excluding tert-OH is 2. The van der Waals surface area contributed by atoms with Crippen molar-refractivity contribution in [3.63, 3.8) is 0 Å². The summed E-state index contributed by atoms with van der Waals surface area (Å²) in [5.41, 5.74) is 2.11. The molecule has 0 spiro atoms. The Morgan fingerprint density at radius 3 is 2.61 bits per heavy atom. The molecule has 5 heteroatoms. The number of rotatable bonds is 4. The van der Waals surface area contributed by atoms with Gasteiger partial charge in [0.2, 0.25) is 0 Å². The van der Waals surface area contributed by atoms with Gasteiger partial charge in [0, 0.05) is 30.3 Å². The summed E-state index contributed by atoms with van der Waals surface area (Å²) in [7, 11) is 0. The van der Waals surface area contributed by atoms with Crippen LogP contribution in [0.2, 0.25) is 5.02 Å². The zero-order chi connectivity index (χ0) is 13.1. The van der Waals surface area contributed by atoms with Gasteiger partial charge < -0.3 is 20.4 Å². The molecule has 4 nitrogen and oxygen atoms in total. The average Bonchev–Trinajstić information content (AvgIpc) is 2.68. The SMILES string of the molecule is CCNCc1ccc(Cl)cc1N1CC(O)C(O)C1. The van der Waals surface area contributed by atoms with Crippen molar-refractivity contribution in [2.45, 2.75) is 25.7 Å². The van der Waals surface area contributed by atoms with Crippen LogP contribution in [0.3, 0.4) is 0 Å². The van der Waals surface area contributed by atoms with Gasteiger partial charge in [-0.05, 0) is 24.2 Å². The predicted octanol–water partition coefficient (Wildman–Crippen LogP) is 0.991. The van der Waals surface area contributed by atoms with Gasteiger partial charge >= 0.3 is 0 Å². The molecule has 0 aliphatic carbocycles. The first-order valence-corrected chi connectivity index (χ1v) is 6.60. The molecule has 1 saturated heterocycles. The molecule has 2 unspecified atom stereocenters. The third-order valence-corrected chi connectivity index (χ3v) is 3.45. The van der Waals surface area contributed by atoms with Gasteiger partial charge in [0.25, 0.3) is 0 Å². The van der Waals surface area contributed by atoms with E-state index in [2.05, 4.69) is 12.2 Å². The van der Waals surface area contributed by atoms with Crippen molar-refractivity contribution in [3.05, 3.63) is 28.8 Å². The molecular formula is C13H19ClN2O2. The molecule has 0 bridgehead atoms. The van der Waals surface area contributed by atoms with E-state index in [1.807, 2.05) is 23.1 Å². The second-order valence-corrected chi connectivity index (χ2v) is 5.03. The number of β-amino-alcohol motifs (C(OH)–C–C–N with tert-alkyl or cyclic N) is 2. The highest BCUT2D eigenvalue weighted by Gasteiger charge is 2.30. The first kappa shape index (κ1) is 13.6. The average molecular weight is 271 g/mol. The molecule has 1 aromatic carbocycles. The first-order chi connectivity index (χ1) is 8.61. The van der Waals surface area contributed by atoms with Crippen LogP contribution in [-0.4, -0.2) is 42.1 Å². The molecule has 1 aromatic rings. The van der Waals surface area contributed by atoms with Crippen LogP contribution in [0.25, 0.3) is 0 Å². The molecule has 0 amide bonds. The lowest BCUT2D eigenvalue weighted by Gasteiger charge is -2.22. The number of benzene rings is 1. The van der Waals surface area contributed by atoms with Crippen molar-refractivity contribution < 1.29 is 10.2 Å². The number of nitrogens with one attached hydrogen (secondary N) is 1. The summed E-state index contributed by atoms with van der Waals surface area (Å²) in [6.07, 6.45) is -1.37. The van der Waals surface area contributed by atoms with E-state index in [9.17, 15) is 10.2 Å². The molecule has 0 radical (unpaired) electrons. The number of anilines is 1. The van der Waals surface area contributed by atoms with E-state index in [0.717, 1.165) is 24.3 Å². The van der Waals surface area contributed by atoms with Crippen molar-refractivity contribution in [1.82, 2.24) is 5.32 Å². The smallest absolute Gasteiger partial charge is 0.0990 e. The molecule has 1 aliphatic heterocycles. The van der Waals surface area contributed by atoms with Gasteiger partial charge in [-0.25, -0.2) is 0 Å². The van der Waals surface area contributed by atoms with E-state index >= 15 is 0 Å². The Labute approximate surface area is 112 Å². The molecule has 1 heterocycles. The van der Waals surface area contributed by atoms with Gasteiger partial charge in [-0.1, -0.05) is 24.6 Å². The van der Waals surface area contributed by atoms with Crippen LogP contribution in [0.4, 0.5) is 5.69 Å². The lowest BCUT2D eigenvalue weighted by atomic mass is 10.1. The molecule has 18 heavy (non-hydrogen) atoms. The van der Waals surface area contributed by atoms with Crippen LogP contribution in [0.5, 0.6) is 0 Å². The van der Waals surface area contributed by atoms with Gasteiger partial charge in [-0.2, -0.15) is 0 Å². The Morgan fingerprint density at radius 2 is 2.00 bits per heavy atom. The molecule has 2 rings (SSSR count). The van der Waals surface area contributed by atoms with Gasteiger partial charge in [0.1, 0.15) is 0 Å². The summed E-state index contributed by atoms with van der Waals surface area (Å²) in [6.45, 7) is 4.60. The Morgan fingerprint density at radius 1 is 1.33 bits per heavy atom. The lowest BCUT2D eigenvalue weighted by molar-refractivity contribution is 0.0572. The monoisotopic (exact) mass is 270 g/mol. The topological polar surface area (TPSA) is 55.7 Å². The lowest BCUT2D eigenvalue weighted by Crippen LogP contribution is -2.24. The summed E-state index contributed by atoms with van der Waals surface area (Å²) in [6, 6.07) is 5.73. The molecule has 2 atom stereocenters. The van der Waals surface area contributed by atoms with Crippen molar-refractivity contribution in [1.29, 1.82) is 0 Å². The Balaban J connectivity index is 2.22. The third kappa shape index (κ3) is 2.95. The molecule has 0 saturated carbocycles. The highest BCUT2D eigenvalue weighted by Crippen LogP contribution is 2.28. The molecule has 0 aromatic heterocycles. The standard InChI is InChI=1S/C13H19ClN2O2/c1-2-15-6-9-3-4-10(14)5-11(9)16-7-12(17)13(18)8-16/h3-5,12-13,15,17-18H,2,6-8H2,1H3. The second kappa shape index (κ2) is 5.89. The van der Waals surface area contributed by atoms with Crippen molar-refractivity contribution in [3.8, 4) is 0 Å². The van der Waals surface area contributed by atoms with Gasteiger partial charge in [0.15, 0.2) is 0 Å². The number of hydrogen-bond donors (Lipinski definition) is 3. The molecule has 1 aliphatic rings. The molecule has 100 valence electrons. The fourth-order valence-corrected chi connectivity index (χ4v) is 2.37. The largest absolute Gasteiger partial charge is 0.389 e. The number of halogens is 1. The van der Waals surface area contributed by atoms with Crippen LogP contribution in [0, 0.1) is 0 Å². The third-order valence-electron chi connectivity index (χ3n) is 3.21. The van der Waals surface area contributed by atoms with Crippen LogP contribution >= 0.6 is 11.6 Å². The normalized spacial score (nSPS) is 23.7. The second-order valence-electron chi connectivity index (χ2n) is 4.59. The first-order valence-electron chi connectivity index (χ1n) is 6.22. The van der Waals surface area contributed by atoms with Crippen molar-refractivity contribution in [2.75, 3.05) is 24.5 Å². The predicted molar refractivity (Wildman–Crippen MR) is 73.1 cm³/mol. The minimum absolute atomic E-state index is 0.445. The Bertz CT molecular complexity index is 404. The van der Waals surface area contributed by atoms with E-state index in [0.29, 0.717) is 18.1 Å². The van der Waals surface area contributed by atoms with E-state index in [1.165, 1.54) is 0 Å². The van der Waals surface area contributed by atoms with E-state index in [-0.39, 0.29) is 0 Å². The highest BCUT2D eigenvalue weighted by molar-refractivity contribution is 6.30. The zero-order valence-electron chi connectivity index (χ0n) is 10.4. The molecule has 3 N–H and O–H groups in total. The van der Waals surface area contributed by atoms with Crippen LogP contribution < -0.4 is 10.2 Å². The summed E-state index contributed by atoms with van der Waals surface area (Å²) >= 11 is 6.03. The quantitative estimate of drug-likeness (QED) is 0.764. The fraction of sp³-hybridized carbons (Fsp3) is 0.538. The highest BCUT2D eigenvalue weighted by atomic mass is 35.5. The van der Waals surface area contributed by atoms with Crippen molar-refractivity contribution >= 4 is 17.3 Å². The summed E-state index contributed by atoms with van der Waals surface area (Å²) in [4.78, 5) is 1.98. The summed E-state index contributed by atoms with van der Waals surface area (Å²) < 4.78 is 0. The maximum Gasteiger partial charge on any atom is 0.0990 e. The van der Waals surface area contributed by atoms with E-state index < -0.39 is 12.2 Å². The van der Waals surface area contributed by atoms with E-state index in [1.54, 1.807) is 0 Å². The molecule has 1 fully saturated rings. The Kier molecular flexibility index (Phi) is 4.45. The fourth-order valence-electron chi connectivity index (χ4n) is 2.21. The summed E-state index contributed by atoms with van der Waals surface area (Å²) in [5, 5.41) is 23.2. The molecular weight excluding hydrogens is 252 g/mol. The number of hydrogen-bond acceptors (Lipinski definition) is 4. The maximum absolute atomic E-state index is 9.63. The van der Waals surface area contributed by atoms with Gasteiger partial charge in [-0.15, -0.1) is 0 Å². The van der Waals surface area contributed by atoms with Crippen molar-refractivity contribution in [2.24, 2.45) is 0 Å².